The lowest BCUT2D eigenvalue weighted by molar-refractivity contribution is -0.155. The van der Waals surface area contributed by atoms with Crippen molar-refractivity contribution in [2.75, 3.05) is 13.2 Å². The van der Waals surface area contributed by atoms with E-state index in [9.17, 15) is 4.79 Å². The van der Waals surface area contributed by atoms with Crippen LogP contribution in [0.1, 0.15) is 32.8 Å². The molecule has 1 aromatic carbocycles. The second-order valence-electron chi connectivity index (χ2n) is 8.32. The first-order valence-corrected chi connectivity index (χ1v) is 10.9. The fraction of sp³-hybridized carbons (Fsp3) is 0.545. The molecule has 6 nitrogen and oxygen atoms in total. The normalized spacial score (nSPS) is 20.5. The van der Waals surface area contributed by atoms with E-state index >= 15 is 0 Å². The van der Waals surface area contributed by atoms with Crippen LogP contribution in [-0.4, -0.2) is 46.7 Å². The first kappa shape index (κ1) is 25.9. The number of ether oxygens (including phenoxy) is 4. The van der Waals surface area contributed by atoms with Crippen molar-refractivity contribution in [3.63, 3.8) is 0 Å². The van der Waals surface area contributed by atoms with Crippen LogP contribution in [0.3, 0.4) is 0 Å². The summed E-state index contributed by atoms with van der Waals surface area (Å²) in [6, 6.07) is 9.56. The van der Waals surface area contributed by atoms with Crippen LogP contribution in [0.4, 0.5) is 0 Å². The summed E-state index contributed by atoms with van der Waals surface area (Å²) >= 11 is 17.5. The van der Waals surface area contributed by atoms with E-state index in [1.54, 1.807) is 26.8 Å². The molecule has 0 aliphatic carbocycles. The van der Waals surface area contributed by atoms with Gasteiger partial charge in [0.15, 0.2) is 6.10 Å². The SMILES string of the molecule is C=C[C@]1([C@@H](OC(=N)C(Cl)(Cl)Cl)[C@@H](CCOC(=O)C(C)(C)C)OCc2ccccc2)CO1. The van der Waals surface area contributed by atoms with E-state index in [2.05, 4.69) is 6.58 Å². The van der Waals surface area contributed by atoms with Gasteiger partial charge in [-0.15, -0.1) is 0 Å². The maximum atomic E-state index is 12.1. The number of rotatable bonds is 10. The fourth-order valence-corrected chi connectivity index (χ4v) is 2.88. The number of carbonyl (C=O) groups is 1. The first-order chi connectivity index (χ1) is 14.4. The van der Waals surface area contributed by atoms with Gasteiger partial charge in [-0.05, 0) is 26.3 Å². The van der Waals surface area contributed by atoms with E-state index in [-0.39, 0.29) is 25.6 Å². The number of alkyl halides is 3. The Bertz CT molecular complexity index is 770. The van der Waals surface area contributed by atoms with Crippen LogP contribution in [0, 0.1) is 10.8 Å². The highest BCUT2D eigenvalue weighted by Crippen LogP contribution is 2.39. The monoisotopic (exact) mass is 491 g/mol. The van der Waals surface area contributed by atoms with Crippen molar-refractivity contribution in [1.29, 1.82) is 5.41 Å². The van der Waals surface area contributed by atoms with E-state index in [4.69, 9.17) is 59.2 Å². The van der Waals surface area contributed by atoms with Crippen LogP contribution in [0.25, 0.3) is 0 Å². The van der Waals surface area contributed by atoms with Crippen molar-refractivity contribution in [3.05, 3.63) is 48.6 Å². The molecular weight excluding hydrogens is 465 g/mol. The van der Waals surface area contributed by atoms with Gasteiger partial charge in [-0.25, -0.2) is 0 Å². The second kappa shape index (κ2) is 10.5. The van der Waals surface area contributed by atoms with Gasteiger partial charge in [-0.2, -0.15) is 0 Å². The molecule has 0 spiro atoms. The van der Waals surface area contributed by atoms with Crippen molar-refractivity contribution in [1.82, 2.24) is 0 Å². The number of epoxide rings is 1. The number of hydrogen-bond donors (Lipinski definition) is 1. The summed E-state index contributed by atoms with van der Waals surface area (Å²) < 4.78 is 20.8. The quantitative estimate of drug-likeness (QED) is 0.121. The molecule has 1 saturated heterocycles. The molecule has 1 aliphatic heterocycles. The number of esters is 1. The Kier molecular flexibility index (Phi) is 8.82. The van der Waals surface area contributed by atoms with Crippen LogP contribution in [0.5, 0.6) is 0 Å². The van der Waals surface area contributed by atoms with Gasteiger partial charge in [-0.1, -0.05) is 77.8 Å². The Morgan fingerprint density at radius 2 is 1.90 bits per heavy atom. The predicted molar refractivity (Wildman–Crippen MR) is 122 cm³/mol. The fourth-order valence-electron chi connectivity index (χ4n) is 2.75. The highest BCUT2D eigenvalue weighted by Gasteiger charge is 2.55. The van der Waals surface area contributed by atoms with Crippen molar-refractivity contribution < 1.29 is 23.7 Å². The molecule has 3 atom stereocenters. The molecule has 172 valence electrons. The molecule has 1 aliphatic rings. The summed E-state index contributed by atoms with van der Waals surface area (Å²) in [5, 5.41) is 8.02. The molecule has 1 aromatic rings. The maximum absolute atomic E-state index is 12.1. The zero-order chi connectivity index (χ0) is 23.3. The number of carbonyl (C=O) groups excluding carboxylic acids is 1. The van der Waals surface area contributed by atoms with Gasteiger partial charge < -0.3 is 18.9 Å². The molecule has 0 saturated carbocycles. The van der Waals surface area contributed by atoms with E-state index in [0.29, 0.717) is 6.61 Å². The number of hydrogen-bond acceptors (Lipinski definition) is 6. The summed E-state index contributed by atoms with van der Waals surface area (Å²) in [5.41, 5.74) is -0.577. The van der Waals surface area contributed by atoms with Gasteiger partial charge in [0.1, 0.15) is 11.7 Å². The van der Waals surface area contributed by atoms with E-state index in [1.807, 2.05) is 30.3 Å². The third kappa shape index (κ3) is 7.65. The molecule has 1 fully saturated rings. The summed E-state index contributed by atoms with van der Waals surface area (Å²) in [6.45, 7) is 9.82. The molecule has 0 bridgehead atoms. The van der Waals surface area contributed by atoms with Gasteiger partial charge in [0.2, 0.25) is 5.90 Å². The van der Waals surface area contributed by atoms with Crippen molar-refractivity contribution in [3.8, 4) is 0 Å². The van der Waals surface area contributed by atoms with Gasteiger partial charge in [0, 0.05) is 6.42 Å². The minimum atomic E-state index is -2.04. The Morgan fingerprint density at radius 1 is 1.29 bits per heavy atom. The van der Waals surface area contributed by atoms with Gasteiger partial charge >= 0.3 is 5.97 Å². The number of benzene rings is 1. The van der Waals surface area contributed by atoms with Crippen LogP contribution >= 0.6 is 34.8 Å². The summed E-state index contributed by atoms with van der Waals surface area (Å²) in [7, 11) is 0. The lowest BCUT2D eigenvalue weighted by Crippen LogP contribution is -2.46. The molecule has 31 heavy (non-hydrogen) atoms. The minimum absolute atomic E-state index is 0.0870. The van der Waals surface area contributed by atoms with Gasteiger partial charge in [0.25, 0.3) is 3.79 Å². The van der Waals surface area contributed by atoms with Crippen LogP contribution in [0.15, 0.2) is 43.0 Å². The molecule has 1 heterocycles. The van der Waals surface area contributed by atoms with Crippen molar-refractivity contribution in [2.45, 2.75) is 55.4 Å². The average Bonchev–Trinajstić information content (AvgIpc) is 3.49. The minimum Gasteiger partial charge on any atom is -0.468 e. The molecule has 0 unspecified atom stereocenters. The van der Waals surface area contributed by atoms with Crippen LogP contribution in [0.2, 0.25) is 0 Å². The zero-order valence-corrected chi connectivity index (χ0v) is 20.1. The Morgan fingerprint density at radius 3 is 2.39 bits per heavy atom. The Balaban J connectivity index is 2.19. The molecule has 2 rings (SSSR count). The highest BCUT2D eigenvalue weighted by atomic mass is 35.6. The standard InChI is InChI=1S/C22H28Cl3NO5/c1-5-21(14-30-21)17(31-18(26)22(23,24)25)16(11-12-28-19(27)20(2,3)4)29-13-15-9-7-6-8-10-15/h5-10,16-17,26H,1,11-14H2,2-4H3/t16-,17+,21-/m1/s1. The Labute approximate surface area is 198 Å². The largest absolute Gasteiger partial charge is 0.468 e. The topological polar surface area (TPSA) is 81.1 Å². The molecule has 0 aromatic heterocycles. The molecule has 0 radical (unpaired) electrons. The summed E-state index contributed by atoms with van der Waals surface area (Å²) in [6.07, 6.45) is 0.403. The van der Waals surface area contributed by atoms with Crippen molar-refractivity contribution >= 4 is 46.7 Å². The summed E-state index contributed by atoms with van der Waals surface area (Å²) in [5.74, 6) is -0.888. The van der Waals surface area contributed by atoms with Crippen LogP contribution in [-0.2, 0) is 30.3 Å². The maximum Gasteiger partial charge on any atom is 0.311 e. The lowest BCUT2D eigenvalue weighted by Gasteiger charge is -2.32. The molecule has 0 amide bonds. The number of halogens is 3. The summed E-state index contributed by atoms with van der Waals surface area (Å²) in [4.78, 5) is 12.1. The number of nitrogens with one attached hydrogen (secondary N) is 1. The second-order valence-corrected chi connectivity index (χ2v) is 10.6. The Hall–Kier alpha value is -1.31. The van der Waals surface area contributed by atoms with E-state index in [1.165, 1.54) is 0 Å². The third-order valence-corrected chi connectivity index (χ3v) is 5.21. The van der Waals surface area contributed by atoms with E-state index < -0.39 is 32.9 Å². The predicted octanol–water partition coefficient (Wildman–Crippen LogP) is 5.24. The smallest absolute Gasteiger partial charge is 0.311 e. The molecule has 1 N–H and O–H groups in total. The van der Waals surface area contributed by atoms with Gasteiger partial charge in [-0.3, -0.25) is 10.2 Å². The first-order valence-electron chi connectivity index (χ1n) is 9.82. The average molecular weight is 493 g/mol. The van der Waals surface area contributed by atoms with E-state index in [0.717, 1.165) is 5.56 Å². The molecular formula is C22H28Cl3NO5. The van der Waals surface area contributed by atoms with Crippen molar-refractivity contribution in [2.24, 2.45) is 5.41 Å². The zero-order valence-electron chi connectivity index (χ0n) is 17.8. The molecule has 9 heteroatoms. The van der Waals surface area contributed by atoms with Crippen LogP contribution < -0.4 is 0 Å². The lowest BCUT2D eigenvalue weighted by atomic mass is 9.95. The highest BCUT2D eigenvalue weighted by molar-refractivity contribution is 6.76. The van der Waals surface area contributed by atoms with Gasteiger partial charge in [0.05, 0.1) is 25.2 Å². The third-order valence-electron chi connectivity index (χ3n) is 4.70.